The fourth-order valence-electron chi connectivity index (χ4n) is 0.450. The Morgan fingerprint density at radius 1 is 1.29 bits per heavy atom. The van der Waals surface area contributed by atoms with Crippen LogP contribution in [0.1, 0.15) is 0 Å². The number of halogens is 1. The Morgan fingerprint density at radius 3 is 2.14 bits per heavy atom. The molecule has 7 heavy (non-hydrogen) atoms. The second kappa shape index (κ2) is 2.03. The number of nitrogens with zero attached hydrogens (tertiary/aromatic N) is 1. The first-order chi connectivity index (χ1) is 3.43. The molecule has 2 heteroatoms. The summed E-state index contributed by atoms with van der Waals surface area (Å²) in [5, 5.41) is 0. The minimum Gasteiger partial charge on any atom is -0.340 e. The van der Waals surface area contributed by atoms with Crippen LogP contribution in [0.25, 0.3) is 0 Å². The van der Waals surface area contributed by atoms with Gasteiger partial charge in [0.05, 0.1) is 6.00 Å². The molecule has 0 aliphatic carbocycles. The lowest BCUT2D eigenvalue weighted by atomic mass is 10.7. The van der Waals surface area contributed by atoms with Crippen molar-refractivity contribution in [2.45, 2.75) is 6.00 Å². The normalized spacial score (nSPS) is 9.29. The number of aromatic nitrogens is 1. The summed E-state index contributed by atoms with van der Waals surface area (Å²) in [5.41, 5.74) is 0. The average molecular weight is 116 g/mol. The van der Waals surface area contributed by atoms with Crippen molar-refractivity contribution < 1.29 is 0 Å². The zero-order valence-corrected chi connectivity index (χ0v) is 4.60. The molecule has 0 bridgehead atoms. The van der Waals surface area contributed by atoms with Crippen molar-refractivity contribution in [3.05, 3.63) is 24.5 Å². The van der Waals surface area contributed by atoms with Gasteiger partial charge in [0.25, 0.3) is 0 Å². The van der Waals surface area contributed by atoms with Crippen LogP contribution in [0.2, 0.25) is 0 Å². The Hall–Kier alpha value is -0.430. The molecule has 0 radical (unpaired) electrons. The lowest BCUT2D eigenvalue weighted by molar-refractivity contribution is 0.894. The summed E-state index contributed by atoms with van der Waals surface area (Å²) in [4.78, 5) is 0. The van der Waals surface area contributed by atoms with Crippen molar-refractivity contribution in [3.8, 4) is 0 Å². The van der Waals surface area contributed by atoms with Gasteiger partial charge in [-0.3, -0.25) is 0 Å². The summed E-state index contributed by atoms with van der Waals surface area (Å²) in [6, 6.07) is 4.44. The Morgan fingerprint density at radius 2 is 1.86 bits per heavy atom. The highest BCUT2D eigenvalue weighted by Crippen LogP contribution is 1.90. The van der Waals surface area contributed by atoms with E-state index in [0.29, 0.717) is 6.00 Å². The van der Waals surface area contributed by atoms with Gasteiger partial charge in [0.2, 0.25) is 0 Å². The van der Waals surface area contributed by atoms with E-state index >= 15 is 0 Å². The molecule has 0 spiro atoms. The summed E-state index contributed by atoms with van der Waals surface area (Å²) in [7, 11) is 0. The van der Waals surface area contributed by atoms with Crippen LogP contribution in [0.15, 0.2) is 24.5 Å². The highest BCUT2D eigenvalue weighted by molar-refractivity contribution is 6.15. The summed E-state index contributed by atoms with van der Waals surface area (Å²) < 4.78 is 1.89. The fraction of sp³-hybridized carbons (Fsp3) is 0.200. The number of hydrogen-bond acceptors (Lipinski definition) is 0. The lowest BCUT2D eigenvalue weighted by Gasteiger charge is -1.87. The van der Waals surface area contributed by atoms with Crippen molar-refractivity contribution in [1.29, 1.82) is 0 Å². The molecular formula is C5H6ClN. The van der Waals surface area contributed by atoms with Crippen LogP contribution < -0.4 is 0 Å². The first-order valence-electron chi connectivity index (χ1n) is 2.10. The standard InChI is InChI=1S/C5H6ClN/c6-5-7-3-1-2-4-7/h1-4H,5H2. The van der Waals surface area contributed by atoms with E-state index in [4.69, 9.17) is 11.6 Å². The van der Waals surface area contributed by atoms with Crippen LogP contribution >= 0.6 is 11.6 Å². The molecule has 0 fully saturated rings. The molecule has 38 valence electrons. The van der Waals surface area contributed by atoms with Crippen LogP contribution in [0.5, 0.6) is 0 Å². The summed E-state index contributed by atoms with van der Waals surface area (Å²) in [6.45, 7) is 0. The van der Waals surface area contributed by atoms with Gasteiger partial charge >= 0.3 is 0 Å². The van der Waals surface area contributed by atoms with Gasteiger partial charge in [0.15, 0.2) is 0 Å². The van der Waals surface area contributed by atoms with Gasteiger partial charge in [-0.1, -0.05) is 0 Å². The molecule has 1 aromatic rings. The third kappa shape index (κ3) is 0.967. The molecule has 1 nitrogen and oxygen atoms in total. The van der Waals surface area contributed by atoms with E-state index in [1.807, 2.05) is 29.1 Å². The molecule has 0 atom stereocenters. The number of hydrogen-bond donors (Lipinski definition) is 0. The lowest BCUT2D eigenvalue weighted by Crippen LogP contribution is -1.82. The third-order valence-electron chi connectivity index (χ3n) is 0.804. The van der Waals surface area contributed by atoms with Crippen LogP contribution in [0.3, 0.4) is 0 Å². The predicted octanol–water partition coefficient (Wildman–Crippen LogP) is 1.68. The smallest absolute Gasteiger partial charge is 0.0965 e. The maximum Gasteiger partial charge on any atom is 0.0965 e. The second-order valence-electron chi connectivity index (χ2n) is 1.32. The maximum atomic E-state index is 5.43. The highest BCUT2D eigenvalue weighted by atomic mass is 35.5. The molecule has 1 rings (SSSR count). The van der Waals surface area contributed by atoms with E-state index in [9.17, 15) is 0 Å². The molecule has 1 aromatic heterocycles. The number of rotatable bonds is 1. The summed E-state index contributed by atoms with van der Waals surface area (Å²) >= 11 is 5.43. The minimum absolute atomic E-state index is 0.549. The molecule has 0 amide bonds. The summed E-state index contributed by atoms with van der Waals surface area (Å²) in [5.74, 6) is 0. The molecule has 0 N–H and O–H groups in total. The maximum absolute atomic E-state index is 5.43. The molecule has 0 aliphatic rings. The molecular weight excluding hydrogens is 110 g/mol. The van der Waals surface area contributed by atoms with E-state index < -0.39 is 0 Å². The Bertz CT molecular complexity index is 123. The average Bonchev–Trinajstić information content (AvgIpc) is 2.14. The molecule has 0 unspecified atom stereocenters. The first kappa shape index (κ1) is 4.72. The Balaban J connectivity index is 2.76. The van der Waals surface area contributed by atoms with E-state index in [1.165, 1.54) is 0 Å². The van der Waals surface area contributed by atoms with Gasteiger partial charge in [0.1, 0.15) is 0 Å². The molecule has 0 saturated carbocycles. The van der Waals surface area contributed by atoms with Crippen LogP contribution in [-0.4, -0.2) is 4.57 Å². The van der Waals surface area contributed by atoms with Crippen molar-refractivity contribution in [3.63, 3.8) is 0 Å². The molecule has 0 aromatic carbocycles. The van der Waals surface area contributed by atoms with Crippen LogP contribution in [0.4, 0.5) is 0 Å². The van der Waals surface area contributed by atoms with E-state index in [1.54, 1.807) is 0 Å². The van der Waals surface area contributed by atoms with Crippen molar-refractivity contribution >= 4 is 11.6 Å². The summed E-state index contributed by atoms with van der Waals surface area (Å²) in [6.07, 6.45) is 3.85. The van der Waals surface area contributed by atoms with Crippen LogP contribution in [-0.2, 0) is 6.00 Å². The van der Waals surface area contributed by atoms with Crippen molar-refractivity contribution in [2.75, 3.05) is 0 Å². The first-order valence-corrected chi connectivity index (χ1v) is 2.63. The zero-order chi connectivity index (χ0) is 5.11. The zero-order valence-electron chi connectivity index (χ0n) is 3.84. The molecule has 0 aliphatic heterocycles. The van der Waals surface area contributed by atoms with Gasteiger partial charge in [-0.2, -0.15) is 0 Å². The van der Waals surface area contributed by atoms with E-state index in [0.717, 1.165) is 0 Å². The van der Waals surface area contributed by atoms with Crippen molar-refractivity contribution in [1.82, 2.24) is 4.57 Å². The quantitative estimate of drug-likeness (QED) is 0.491. The van der Waals surface area contributed by atoms with Gasteiger partial charge in [0, 0.05) is 12.4 Å². The SMILES string of the molecule is ClCn1cccc1. The van der Waals surface area contributed by atoms with Crippen LogP contribution in [0, 0.1) is 0 Å². The van der Waals surface area contributed by atoms with E-state index in [-0.39, 0.29) is 0 Å². The largest absolute Gasteiger partial charge is 0.340 e. The highest BCUT2D eigenvalue weighted by Gasteiger charge is 1.77. The van der Waals surface area contributed by atoms with Gasteiger partial charge in [-0.25, -0.2) is 0 Å². The van der Waals surface area contributed by atoms with Crippen molar-refractivity contribution in [2.24, 2.45) is 0 Å². The van der Waals surface area contributed by atoms with Gasteiger partial charge in [-0.15, -0.1) is 11.6 Å². The minimum atomic E-state index is 0.549. The third-order valence-corrected chi connectivity index (χ3v) is 1.08. The second-order valence-corrected chi connectivity index (χ2v) is 1.56. The molecule has 1 heterocycles. The Labute approximate surface area is 47.5 Å². The fourth-order valence-corrected chi connectivity index (χ4v) is 0.609. The Kier molecular flexibility index (Phi) is 1.37. The van der Waals surface area contributed by atoms with E-state index in [2.05, 4.69) is 0 Å². The van der Waals surface area contributed by atoms with Gasteiger partial charge < -0.3 is 4.57 Å². The topological polar surface area (TPSA) is 4.93 Å². The monoisotopic (exact) mass is 115 g/mol. The predicted molar refractivity (Wildman–Crippen MR) is 30.3 cm³/mol. The van der Waals surface area contributed by atoms with Gasteiger partial charge in [-0.05, 0) is 12.1 Å². The number of alkyl halides is 1. The molecule has 0 saturated heterocycles.